The first-order chi connectivity index (χ1) is 10.6. The van der Waals surface area contributed by atoms with Crippen LogP contribution in [-0.2, 0) is 0 Å². The van der Waals surface area contributed by atoms with Gasteiger partial charge in [-0.15, -0.1) is 0 Å². The SMILES string of the molecule is CC(C)(C)CC1CCN(CCN2CCN(C(C)(C)C)CC2)CC1. The summed E-state index contributed by atoms with van der Waals surface area (Å²) in [5, 5.41) is 0. The van der Waals surface area contributed by atoms with Crippen LogP contribution in [0.4, 0.5) is 0 Å². The number of nitrogens with zero attached hydrogens (tertiary/aromatic N) is 3. The fourth-order valence-corrected chi connectivity index (χ4v) is 4.21. The Bertz CT molecular complexity index is 337. The molecule has 0 amide bonds. The van der Waals surface area contributed by atoms with Crippen molar-refractivity contribution in [3.05, 3.63) is 0 Å². The van der Waals surface area contributed by atoms with Gasteiger partial charge < -0.3 is 4.90 Å². The third-order valence-electron chi connectivity index (χ3n) is 5.66. The van der Waals surface area contributed by atoms with Crippen molar-refractivity contribution in [2.24, 2.45) is 11.3 Å². The second-order valence-electron chi connectivity index (χ2n) is 10.0. The number of likely N-dealkylation sites (tertiary alicyclic amines) is 1. The normalized spacial score (nSPS) is 24.3. The Labute approximate surface area is 145 Å². The summed E-state index contributed by atoms with van der Waals surface area (Å²) < 4.78 is 0. The van der Waals surface area contributed by atoms with E-state index in [1.165, 1.54) is 71.6 Å². The van der Waals surface area contributed by atoms with Gasteiger partial charge in [0.05, 0.1) is 0 Å². The Morgan fingerprint density at radius 1 is 0.696 bits per heavy atom. The molecule has 136 valence electrons. The van der Waals surface area contributed by atoms with E-state index in [1.54, 1.807) is 0 Å². The van der Waals surface area contributed by atoms with E-state index in [-0.39, 0.29) is 0 Å². The third kappa shape index (κ3) is 6.72. The molecular weight excluding hydrogens is 282 g/mol. The van der Waals surface area contributed by atoms with E-state index in [9.17, 15) is 0 Å². The highest BCUT2D eigenvalue weighted by molar-refractivity contribution is 4.83. The average molecular weight is 324 g/mol. The summed E-state index contributed by atoms with van der Waals surface area (Å²) in [4.78, 5) is 8.00. The number of piperazine rings is 1. The van der Waals surface area contributed by atoms with Gasteiger partial charge >= 0.3 is 0 Å². The first kappa shape index (κ1) is 19.2. The minimum Gasteiger partial charge on any atom is -0.302 e. The molecule has 0 aromatic carbocycles. The second kappa shape index (κ2) is 7.84. The van der Waals surface area contributed by atoms with Crippen LogP contribution < -0.4 is 0 Å². The lowest BCUT2D eigenvalue weighted by atomic mass is 9.80. The van der Waals surface area contributed by atoms with Crippen LogP contribution in [0.2, 0.25) is 0 Å². The van der Waals surface area contributed by atoms with Crippen LogP contribution in [0.5, 0.6) is 0 Å². The van der Waals surface area contributed by atoms with Crippen molar-refractivity contribution in [3.8, 4) is 0 Å². The van der Waals surface area contributed by atoms with E-state index >= 15 is 0 Å². The molecule has 2 rings (SSSR count). The lowest BCUT2D eigenvalue weighted by molar-refractivity contribution is 0.0541. The zero-order valence-corrected chi connectivity index (χ0v) is 16.7. The van der Waals surface area contributed by atoms with Crippen molar-refractivity contribution in [1.29, 1.82) is 0 Å². The zero-order valence-electron chi connectivity index (χ0n) is 16.7. The third-order valence-corrected chi connectivity index (χ3v) is 5.66. The summed E-state index contributed by atoms with van der Waals surface area (Å²) >= 11 is 0. The predicted molar refractivity (Wildman–Crippen MR) is 101 cm³/mol. The molecule has 0 radical (unpaired) electrons. The van der Waals surface area contributed by atoms with E-state index in [2.05, 4.69) is 56.2 Å². The average Bonchev–Trinajstić information content (AvgIpc) is 2.44. The molecule has 2 heterocycles. The molecule has 0 aliphatic carbocycles. The van der Waals surface area contributed by atoms with Crippen LogP contribution in [0.1, 0.15) is 60.8 Å². The molecule has 0 saturated carbocycles. The Hall–Kier alpha value is -0.120. The van der Waals surface area contributed by atoms with E-state index in [0.717, 1.165) is 5.92 Å². The maximum Gasteiger partial charge on any atom is 0.0126 e. The number of rotatable bonds is 4. The Morgan fingerprint density at radius 3 is 1.61 bits per heavy atom. The Kier molecular flexibility index (Phi) is 6.55. The van der Waals surface area contributed by atoms with Crippen molar-refractivity contribution < 1.29 is 0 Å². The quantitative estimate of drug-likeness (QED) is 0.783. The van der Waals surface area contributed by atoms with Crippen molar-refractivity contribution in [2.75, 3.05) is 52.4 Å². The first-order valence-corrected chi connectivity index (χ1v) is 9.83. The van der Waals surface area contributed by atoms with Gasteiger partial charge in [0.1, 0.15) is 0 Å². The highest BCUT2D eigenvalue weighted by Crippen LogP contribution is 2.30. The molecule has 0 bridgehead atoms. The maximum atomic E-state index is 2.70. The van der Waals surface area contributed by atoms with E-state index in [1.807, 2.05) is 0 Å². The van der Waals surface area contributed by atoms with Crippen molar-refractivity contribution in [3.63, 3.8) is 0 Å². The summed E-state index contributed by atoms with van der Waals surface area (Å²) in [6, 6.07) is 0. The minimum atomic E-state index is 0.334. The zero-order chi connectivity index (χ0) is 17.1. The van der Waals surface area contributed by atoms with Gasteiger partial charge in [0.2, 0.25) is 0 Å². The molecule has 0 aromatic heterocycles. The molecule has 23 heavy (non-hydrogen) atoms. The molecule has 0 atom stereocenters. The highest BCUT2D eigenvalue weighted by Gasteiger charge is 2.27. The van der Waals surface area contributed by atoms with Gasteiger partial charge in [0, 0.05) is 44.8 Å². The number of hydrogen-bond acceptors (Lipinski definition) is 3. The van der Waals surface area contributed by atoms with Gasteiger partial charge in [0.25, 0.3) is 0 Å². The van der Waals surface area contributed by atoms with Crippen LogP contribution in [0.3, 0.4) is 0 Å². The molecular formula is C20H41N3. The van der Waals surface area contributed by atoms with Crippen LogP contribution in [-0.4, -0.2) is 72.6 Å². The molecule has 0 aromatic rings. The molecule has 2 aliphatic heterocycles. The lowest BCUT2D eigenvalue weighted by Gasteiger charge is -2.43. The second-order valence-corrected chi connectivity index (χ2v) is 10.0. The molecule has 0 spiro atoms. The summed E-state index contributed by atoms with van der Waals surface area (Å²) in [6.07, 6.45) is 4.22. The van der Waals surface area contributed by atoms with Crippen molar-refractivity contribution >= 4 is 0 Å². The van der Waals surface area contributed by atoms with Gasteiger partial charge in [-0.2, -0.15) is 0 Å². The standard InChI is InChI=1S/C20H41N3/c1-19(2,3)17-18-7-9-21(10-8-18)11-12-22-13-15-23(16-14-22)20(4,5)6/h18H,7-17H2,1-6H3. The summed E-state index contributed by atoms with van der Waals surface area (Å²) in [7, 11) is 0. The van der Waals surface area contributed by atoms with E-state index in [4.69, 9.17) is 0 Å². The maximum absolute atomic E-state index is 2.70. The van der Waals surface area contributed by atoms with Crippen LogP contribution in [0, 0.1) is 11.3 Å². The van der Waals surface area contributed by atoms with Gasteiger partial charge in [0.15, 0.2) is 0 Å². The monoisotopic (exact) mass is 323 g/mol. The molecule has 3 heteroatoms. The van der Waals surface area contributed by atoms with Crippen LogP contribution >= 0.6 is 0 Å². The van der Waals surface area contributed by atoms with Gasteiger partial charge in [-0.05, 0) is 64.5 Å². The molecule has 0 unspecified atom stereocenters. The van der Waals surface area contributed by atoms with Crippen LogP contribution in [0.25, 0.3) is 0 Å². The molecule has 3 nitrogen and oxygen atoms in total. The fourth-order valence-electron chi connectivity index (χ4n) is 4.21. The number of piperidine rings is 1. The minimum absolute atomic E-state index is 0.334. The molecule has 0 N–H and O–H groups in total. The van der Waals surface area contributed by atoms with E-state index in [0.29, 0.717) is 11.0 Å². The Morgan fingerprint density at radius 2 is 1.17 bits per heavy atom. The summed E-state index contributed by atoms with van der Waals surface area (Å²) in [6.45, 7) is 24.3. The van der Waals surface area contributed by atoms with Crippen molar-refractivity contribution in [2.45, 2.75) is 66.3 Å². The van der Waals surface area contributed by atoms with E-state index < -0.39 is 0 Å². The smallest absolute Gasteiger partial charge is 0.0126 e. The van der Waals surface area contributed by atoms with Gasteiger partial charge in [-0.3, -0.25) is 9.80 Å². The number of hydrogen-bond donors (Lipinski definition) is 0. The van der Waals surface area contributed by atoms with Gasteiger partial charge in [-0.25, -0.2) is 0 Å². The predicted octanol–water partition coefficient (Wildman–Crippen LogP) is 3.55. The van der Waals surface area contributed by atoms with Crippen LogP contribution in [0.15, 0.2) is 0 Å². The largest absolute Gasteiger partial charge is 0.302 e. The topological polar surface area (TPSA) is 9.72 Å². The molecule has 2 fully saturated rings. The van der Waals surface area contributed by atoms with Crippen molar-refractivity contribution in [1.82, 2.24) is 14.7 Å². The first-order valence-electron chi connectivity index (χ1n) is 9.83. The Balaban J connectivity index is 1.61. The van der Waals surface area contributed by atoms with Gasteiger partial charge in [-0.1, -0.05) is 20.8 Å². The highest BCUT2D eigenvalue weighted by atomic mass is 15.3. The summed E-state index contributed by atoms with van der Waals surface area (Å²) in [5.74, 6) is 0.960. The molecule has 2 aliphatic rings. The lowest BCUT2D eigenvalue weighted by Crippen LogP contribution is -2.54. The fraction of sp³-hybridized carbons (Fsp3) is 1.00. The summed E-state index contributed by atoms with van der Waals surface area (Å²) in [5.41, 5.74) is 0.834. The molecule has 2 saturated heterocycles.